The van der Waals surface area contributed by atoms with E-state index < -0.39 is 5.54 Å². The number of hydrogen-bond donors (Lipinski definition) is 2. The van der Waals surface area contributed by atoms with E-state index in [0.29, 0.717) is 0 Å². The van der Waals surface area contributed by atoms with Crippen LogP contribution in [-0.4, -0.2) is 33.8 Å². The number of hydrogen-bond acceptors (Lipinski definition) is 4. The maximum Gasteiger partial charge on any atom is 0.235 e. The average Bonchev–Trinajstić information content (AvgIpc) is 3.07. The Labute approximate surface area is 131 Å². The second kappa shape index (κ2) is 7.41. The summed E-state index contributed by atoms with van der Waals surface area (Å²) < 4.78 is 1.87. The molecule has 2 atom stereocenters. The van der Waals surface area contributed by atoms with Gasteiger partial charge in [0, 0.05) is 18.4 Å². The Balaban J connectivity index is 1.81. The molecule has 1 saturated carbocycles. The molecule has 0 aliphatic heterocycles. The number of aromatic nitrogens is 2. The van der Waals surface area contributed by atoms with Crippen molar-refractivity contribution >= 4 is 5.91 Å². The zero-order valence-electron chi connectivity index (χ0n) is 13.4. The van der Waals surface area contributed by atoms with Crippen LogP contribution in [0.25, 0.3) is 0 Å². The van der Waals surface area contributed by atoms with Gasteiger partial charge in [-0.05, 0) is 32.8 Å². The molecule has 1 fully saturated rings. The summed E-state index contributed by atoms with van der Waals surface area (Å²) in [5.74, 6) is -0.108. The van der Waals surface area contributed by atoms with Gasteiger partial charge < -0.3 is 10.6 Å². The fourth-order valence-corrected chi connectivity index (χ4v) is 2.91. The van der Waals surface area contributed by atoms with Crippen LogP contribution in [0.4, 0.5) is 0 Å². The lowest BCUT2D eigenvalue weighted by Crippen LogP contribution is -2.52. The third-order valence-electron chi connectivity index (χ3n) is 4.55. The summed E-state index contributed by atoms with van der Waals surface area (Å²) in [6, 6.07) is 4.45. The van der Waals surface area contributed by atoms with E-state index in [4.69, 9.17) is 0 Å². The van der Waals surface area contributed by atoms with Crippen LogP contribution in [-0.2, 0) is 4.79 Å². The molecule has 0 radical (unpaired) electrons. The highest BCUT2D eigenvalue weighted by Gasteiger charge is 2.33. The van der Waals surface area contributed by atoms with Gasteiger partial charge in [0.2, 0.25) is 5.91 Å². The first-order valence-corrected chi connectivity index (χ1v) is 8.01. The highest BCUT2D eigenvalue weighted by Crippen LogP contribution is 2.27. The van der Waals surface area contributed by atoms with Crippen molar-refractivity contribution in [2.24, 2.45) is 0 Å². The molecule has 2 rings (SSSR count). The van der Waals surface area contributed by atoms with Crippen molar-refractivity contribution in [2.75, 3.05) is 6.54 Å². The summed E-state index contributed by atoms with van der Waals surface area (Å²) in [6.45, 7) is 4.30. The van der Waals surface area contributed by atoms with E-state index in [0.717, 1.165) is 32.1 Å². The maximum atomic E-state index is 12.1. The van der Waals surface area contributed by atoms with Crippen LogP contribution < -0.4 is 10.6 Å². The van der Waals surface area contributed by atoms with E-state index >= 15 is 0 Å². The van der Waals surface area contributed by atoms with Gasteiger partial charge in [-0.2, -0.15) is 10.4 Å². The lowest BCUT2D eigenvalue weighted by Gasteiger charge is -2.32. The first-order chi connectivity index (χ1) is 10.6. The molecule has 1 aromatic heterocycles. The molecule has 0 aromatic carbocycles. The minimum Gasteiger partial charge on any atom is -0.337 e. The Morgan fingerprint density at radius 3 is 2.73 bits per heavy atom. The number of carbonyl (C=O) groups is 1. The molecule has 1 heterocycles. The number of rotatable bonds is 6. The number of amides is 1. The first-order valence-electron chi connectivity index (χ1n) is 8.01. The molecular formula is C16H25N5O. The number of carbonyl (C=O) groups excluding carboxylic acids is 1. The van der Waals surface area contributed by atoms with Crippen molar-refractivity contribution < 1.29 is 4.79 Å². The van der Waals surface area contributed by atoms with Gasteiger partial charge in [-0.25, -0.2) is 0 Å². The molecule has 2 N–H and O–H groups in total. The van der Waals surface area contributed by atoms with E-state index in [1.54, 1.807) is 6.20 Å². The van der Waals surface area contributed by atoms with E-state index in [2.05, 4.69) is 28.7 Å². The molecule has 120 valence electrons. The molecule has 0 bridgehead atoms. The van der Waals surface area contributed by atoms with Gasteiger partial charge in [0.05, 0.1) is 18.7 Å². The van der Waals surface area contributed by atoms with E-state index in [-0.39, 0.29) is 24.5 Å². The van der Waals surface area contributed by atoms with Crippen molar-refractivity contribution in [3.05, 3.63) is 18.5 Å². The number of nitrogens with one attached hydrogen (secondary N) is 2. The van der Waals surface area contributed by atoms with Crippen molar-refractivity contribution in [3.63, 3.8) is 0 Å². The molecule has 1 aliphatic carbocycles. The highest BCUT2D eigenvalue weighted by molar-refractivity contribution is 5.79. The van der Waals surface area contributed by atoms with E-state index in [1.165, 1.54) is 0 Å². The summed E-state index contributed by atoms with van der Waals surface area (Å²) in [7, 11) is 0. The van der Waals surface area contributed by atoms with Gasteiger partial charge in [-0.3, -0.25) is 9.48 Å². The van der Waals surface area contributed by atoms with Crippen molar-refractivity contribution in [1.29, 1.82) is 5.26 Å². The molecule has 1 amide bonds. The Morgan fingerprint density at radius 1 is 1.41 bits per heavy atom. The van der Waals surface area contributed by atoms with Crippen LogP contribution in [0.1, 0.15) is 52.0 Å². The Hall–Kier alpha value is -1.87. The van der Waals surface area contributed by atoms with Gasteiger partial charge in [-0.1, -0.05) is 19.3 Å². The van der Waals surface area contributed by atoms with Gasteiger partial charge in [0.15, 0.2) is 0 Å². The van der Waals surface area contributed by atoms with Crippen LogP contribution in [0, 0.1) is 11.3 Å². The van der Waals surface area contributed by atoms with Crippen LogP contribution in [0.2, 0.25) is 0 Å². The summed E-state index contributed by atoms with van der Waals surface area (Å²) in [6.07, 6.45) is 8.34. The fourth-order valence-electron chi connectivity index (χ4n) is 2.91. The Morgan fingerprint density at radius 2 is 2.14 bits per heavy atom. The zero-order valence-corrected chi connectivity index (χ0v) is 13.4. The Kier molecular flexibility index (Phi) is 5.56. The lowest BCUT2D eigenvalue weighted by molar-refractivity contribution is -0.122. The van der Waals surface area contributed by atoms with Gasteiger partial charge in [-0.15, -0.1) is 0 Å². The van der Waals surface area contributed by atoms with Crippen molar-refractivity contribution in [2.45, 2.75) is 63.6 Å². The quantitative estimate of drug-likeness (QED) is 0.839. The summed E-state index contributed by atoms with van der Waals surface area (Å²) >= 11 is 0. The van der Waals surface area contributed by atoms with Crippen molar-refractivity contribution in [3.8, 4) is 6.07 Å². The molecule has 2 unspecified atom stereocenters. The smallest absolute Gasteiger partial charge is 0.235 e. The van der Waals surface area contributed by atoms with Crippen LogP contribution in [0.5, 0.6) is 0 Å². The van der Waals surface area contributed by atoms with E-state index in [9.17, 15) is 10.1 Å². The Bertz CT molecular complexity index is 513. The molecule has 22 heavy (non-hydrogen) atoms. The molecule has 6 heteroatoms. The topological polar surface area (TPSA) is 82.7 Å². The predicted molar refractivity (Wildman–Crippen MR) is 84.0 cm³/mol. The molecule has 0 spiro atoms. The largest absolute Gasteiger partial charge is 0.337 e. The van der Waals surface area contributed by atoms with Crippen LogP contribution in [0.3, 0.4) is 0 Å². The molecule has 6 nitrogen and oxygen atoms in total. The van der Waals surface area contributed by atoms with Crippen LogP contribution in [0.15, 0.2) is 18.5 Å². The van der Waals surface area contributed by atoms with E-state index in [1.807, 2.05) is 23.9 Å². The fraction of sp³-hybridized carbons (Fsp3) is 0.688. The summed E-state index contributed by atoms with van der Waals surface area (Å²) in [5, 5.41) is 19.7. The number of nitrogens with zero attached hydrogens (tertiary/aromatic N) is 3. The minimum absolute atomic E-state index is 0.107. The maximum absolute atomic E-state index is 12.1. The predicted octanol–water partition coefficient (Wildman–Crippen LogP) is 1.76. The van der Waals surface area contributed by atoms with Gasteiger partial charge in [0.1, 0.15) is 5.54 Å². The third-order valence-corrected chi connectivity index (χ3v) is 4.55. The molecule has 1 aliphatic rings. The minimum atomic E-state index is -0.659. The molecule has 0 saturated heterocycles. The number of nitriles is 1. The monoisotopic (exact) mass is 303 g/mol. The second-order valence-corrected chi connectivity index (χ2v) is 6.20. The normalized spacial score (nSPS) is 19.9. The highest BCUT2D eigenvalue weighted by atomic mass is 16.2. The summed E-state index contributed by atoms with van der Waals surface area (Å²) in [5.41, 5.74) is -0.659. The second-order valence-electron chi connectivity index (χ2n) is 6.20. The van der Waals surface area contributed by atoms with Gasteiger partial charge >= 0.3 is 0 Å². The third kappa shape index (κ3) is 4.08. The first kappa shape index (κ1) is 16.5. The van der Waals surface area contributed by atoms with Crippen molar-refractivity contribution in [1.82, 2.24) is 20.4 Å². The molecular weight excluding hydrogens is 278 g/mol. The summed E-state index contributed by atoms with van der Waals surface area (Å²) in [4.78, 5) is 12.1. The lowest BCUT2D eigenvalue weighted by atomic mass is 9.83. The zero-order chi connectivity index (χ0) is 16.0. The molecule has 1 aromatic rings. The van der Waals surface area contributed by atoms with Crippen LogP contribution >= 0.6 is 0 Å². The average molecular weight is 303 g/mol. The standard InChI is InChI=1S/C16H25N5O/c1-13(14(2)21-10-6-9-19-21)18-11-15(22)20-16(12-17)7-4-3-5-8-16/h6,9-10,13-14,18H,3-5,7-8,11H2,1-2H3,(H,20,22). The SMILES string of the molecule is CC(NCC(=O)NC1(C#N)CCCCC1)C(C)n1cccn1. The van der Waals surface area contributed by atoms with Gasteiger partial charge in [0.25, 0.3) is 0 Å².